The van der Waals surface area contributed by atoms with Gasteiger partial charge in [-0.15, -0.1) is 0 Å². The van der Waals surface area contributed by atoms with Crippen LogP contribution < -0.4 is 0 Å². The molecule has 3 nitrogen and oxygen atoms in total. The maximum Gasteiger partial charge on any atom is 0.417 e. The van der Waals surface area contributed by atoms with E-state index >= 15 is 0 Å². The second kappa shape index (κ2) is 7.53. The third-order valence-corrected chi connectivity index (χ3v) is 5.08. The van der Waals surface area contributed by atoms with E-state index in [2.05, 4.69) is 4.99 Å². The van der Waals surface area contributed by atoms with Gasteiger partial charge in [0.25, 0.3) is 5.91 Å². The van der Waals surface area contributed by atoms with Gasteiger partial charge in [0.1, 0.15) is 0 Å². The minimum Gasteiger partial charge on any atom is -0.286 e. The van der Waals surface area contributed by atoms with Crippen LogP contribution in [0.5, 0.6) is 0 Å². The number of hydrogen-bond donors (Lipinski definition) is 0. The largest absolute Gasteiger partial charge is 0.417 e. The van der Waals surface area contributed by atoms with E-state index in [1.54, 1.807) is 0 Å². The van der Waals surface area contributed by atoms with Gasteiger partial charge in [-0.05, 0) is 24.6 Å². The van der Waals surface area contributed by atoms with Gasteiger partial charge >= 0.3 is 6.18 Å². The molecule has 3 rings (SSSR count). The molecule has 0 radical (unpaired) electrons. The van der Waals surface area contributed by atoms with Gasteiger partial charge in [-0.25, -0.2) is 0 Å². The average molecular weight is 378 g/mol. The van der Waals surface area contributed by atoms with Crippen molar-refractivity contribution in [3.63, 3.8) is 0 Å². The summed E-state index contributed by atoms with van der Waals surface area (Å²) in [6.45, 7) is 2.69. The molecule has 1 aliphatic heterocycles. The highest BCUT2D eigenvalue weighted by Gasteiger charge is 2.37. The number of aliphatic imine (C=N–C) groups is 1. The van der Waals surface area contributed by atoms with E-state index in [0.29, 0.717) is 24.0 Å². The van der Waals surface area contributed by atoms with E-state index in [9.17, 15) is 18.0 Å². The number of amidine groups is 1. The van der Waals surface area contributed by atoms with Gasteiger partial charge in [0, 0.05) is 12.3 Å². The lowest BCUT2D eigenvalue weighted by Gasteiger charge is -2.20. The molecule has 136 valence electrons. The SMILES string of the molecule is Cc1ccc(CSC2=NCCN2C(=O)c2ccccc2C(F)(F)F)cc1. The maximum atomic E-state index is 13.2. The van der Waals surface area contributed by atoms with Crippen molar-refractivity contribution in [3.8, 4) is 0 Å². The summed E-state index contributed by atoms with van der Waals surface area (Å²) in [6.07, 6.45) is -4.57. The minimum atomic E-state index is -4.57. The van der Waals surface area contributed by atoms with Crippen LogP contribution in [0, 0.1) is 6.92 Å². The van der Waals surface area contributed by atoms with E-state index in [4.69, 9.17) is 0 Å². The Balaban J connectivity index is 1.76. The molecule has 1 amide bonds. The first kappa shape index (κ1) is 18.5. The molecule has 0 fully saturated rings. The molecule has 0 atom stereocenters. The predicted octanol–water partition coefficient (Wildman–Crippen LogP) is 4.76. The van der Waals surface area contributed by atoms with Crippen LogP contribution >= 0.6 is 11.8 Å². The molecule has 2 aromatic carbocycles. The summed E-state index contributed by atoms with van der Waals surface area (Å²) in [5.41, 5.74) is 0.959. The van der Waals surface area contributed by atoms with Gasteiger partial charge in [0.2, 0.25) is 0 Å². The molecule has 0 saturated heterocycles. The second-order valence-electron chi connectivity index (χ2n) is 5.94. The predicted molar refractivity (Wildman–Crippen MR) is 97.3 cm³/mol. The third kappa shape index (κ3) is 4.09. The quantitative estimate of drug-likeness (QED) is 0.772. The lowest BCUT2D eigenvalue weighted by Crippen LogP contribution is -2.34. The van der Waals surface area contributed by atoms with Crippen LogP contribution in [0.25, 0.3) is 0 Å². The minimum absolute atomic E-state index is 0.293. The number of alkyl halides is 3. The molecule has 1 heterocycles. The zero-order valence-electron chi connectivity index (χ0n) is 14.1. The lowest BCUT2D eigenvalue weighted by molar-refractivity contribution is -0.138. The summed E-state index contributed by atoms with van der Waals surface area (Å²) < 4.78 is 39.6. The maximum absolute atomic E-state index is 13.2. The summed E-state index contributed by atoms with van der Waals surface area (Å²) in [7, 11) is 0. The average Bonchev–Trinajstić information content (AvgIpc) is 3.08. The van der Waals surface area contributed by atoms with Crippen molar-refractivity contribution in [1.29, 1.82) is 0 Å². The lowest BCUT2D eigenvalue weighted by atomic mass is 10.1. The van der Waals surface area contributed by atoms with Crippen LogP contribution in [0.2, 0.25) is 0 Å². The second-order valence-corrected chi connectivity index (χ2v) is 6.88. The Hall–Kier alpha value is -2.28. The van der Waals surface area contributed by atoms with Gasteiger partial charge in [-0.1, -0.05) is 53.7 Å². The zero-order chi connectivity index (χ0) is 18.7. The normalized spacial score (nSPS) is 14.5. The molecule has 0 bridgehead atoms. The van der Waals surface area contributed by atoms with Crippen LogP contribution in [0.4, 0.5) is 13.2 Å². The number of halogens is 3. The molecule has 0 unspecified atom stereocenters. The summed E-state index contributed by atoms with van der Waals surface area (Å²) in [6, 6.07) is 12.8. The molecule has 2 aromatic rings. The molecule has 0 saturated carbocycles. The number of aryl methyl sites for hydroxylation is 1. The van der Waals surface area contributed by atoms with Crippen molar-refractivity contribution in [2.75, 3.05) is 13.1 Å². The van der Waals surface area contributed by atoms with Crippen LogP contribution in [0.1, 0.15) is 27.0 Å². The molecule has 0 aromatic heterocycles. The van der Waals surface area contributed by atoms with Crippen LogP contribution in [-0.4, -0.2) is 29.1 Å². The van der Waals surface area contributed by atoms with Crippen LogP contribution in [0.3, 0.4) is 0 Å². The van der Waals surface area contributed by atoms with Crippen molar-refractivity contribution in [2.24, 2.45) is 4.99 Å². The van der Waals surface area contributed by atoms with Gasteiger partial charge < -0.3 is 0 Å². The third-order valence-electron chi connectivity index (χ3n) is 4.00. The summed E-state index contributed by atoms with van der Waals surface area (Å²) in [5, 5.41) is 0.465. The zero-order valence-corrected chi connectivity index (χ0v) is 14.9. The van der Waals surface area contributed by atoms with E-state index < -0.39 is 17.6 Å². The smallest absolute Gasteiger partial charge is 0.286 e. The Labute approximate surface area is 153 Å². The number of carbonyl (C=O) groups excluding carboxylic acids is 1. The fourth-order valence-corrected chi connectivity index (χ4v) is 3.63. The van der Waals surface area contributed by atoms with Gasteiger partial charge in [0.05, 0.1) is 17.7 Å². The number of hydrogen-bond acceptors (Lipinski definition) is 3. The molecule has 7 heteroatoms. The fourth-order valence-electron chi connectivity index (χ4n) is 2.63. The number of thioether (sulfide) groups is 1. The van der Waals surface area contributed by atoms with Crippen LogP contribution in [0.15, 0.2) is 53.5 Å². The van der Waals surface area contributed by atoms with Crippen molar-refractivity contribution in [1.82, 2.24) is 4.90 Å². The van der Waals surface area contributed by atoms with Gasteiger partial charge in [-0.3, -0.25) is 14.7 Å². The molecule has 0 N–H and O–H groups in total. The molecular weight excluding hydrogens is 361 g/mol. The van der Waals surface area contributed by atoms with Crippen molar-refractivity contribution >= 4 is 22.8 Å². The monoisotopic (exact) mass is 378 g/mol. The number of rotatable bonds is 3. The first-order valence-electron chi connectivity index (χ1n) is 8.07. The Bertz CT molecular complexity index is 831. The molecule has 1 aliphatic rings. The van der Waals surface area contributed by atoms with Crippen LogP contribution in [-0.2, 0) is 11.9 Å². The van der Waals surface area contributed by atoms with E-state index in [1.165, 1.54) is 34.9 Å². The first-order chi connectivity index (χ1) is 12.4. The first-order valence-corrected chi connectivity index (χ1v) is 9.06. The number of nitrogens with zero attached hydrogens (tertiary/aromatic N) is 2. The fraction of sp³-hybridized carbons (Fsp3) is 0.263. The number of amides is 1. The van der Waals surface area contributed by atoms with E-state index in [0.717, 1.165) is 17.2 Å². The van der Waals surface area contributed by atoms with Gasteiger partial charge in [-0.2, -0.15) is 13.2 Å². The van der Waals surface area contributed by atoms with Crippen molar-refractivity contribution in [3.05, 3.63) is 70.8 Å². The highest BCUT2D eigenvalue weighted by Crippen LogP contribution is 2.33. The highest BCUT2D eigenvalue weighted by molar-refractivity contribution is 8.13. The van der Waals surface area contributed by atoms with Gasteiger partial charge in [0.15, 0.2) is 5.17 Å². The van der Waals surface area contributed by atoms with E-state index in [-0.39, 0.29) is 5.56 Å². The topological polar surface area (TPSA) is 32.7 Å². The Kier molecular flexibility index (Phi) is 5.36. The number of carbonyl (C=O) groups is 1. The molecule has 26 heavy (non-hydrogen) atoms. The Morgan fingerprint density at radius 1 is 1.15 bits per heavy atom. The highest BCUT2D eigenvalue weighted by atomic mass is 32.2. The Morgan fingerprint density at radius 2 is 1.85 bits per heavy atom. The van der Waals surface area contributed by atoms with Crippen molar-refractivity contribution < 1.29 is 18.0 Å². The summed E-state index contributed by atoms with van der Waals surface area (Å²) in [5.74, 6) is -0.0605. The van der Waals surface area contributed by atoms with E-state index in [1.807, 2.05) is 31.2 Å². The Morgan fingerprint density at radius 3 is 2.54 bits per heavy atom. The summed E-state index contributed by atoms with van der Waals surface area (Å²) >= 11 is 1.36. The van der Waals surface area contributed by atoms with Crippen molar-refractivity contribution in [2.45, 2.75) is 18.9 Å². The standard InChI is InChI=1S/C19H17F3N2OS/c1-13-6-8-14(9-7-13)12-26-18-23-10-11-24(18)17(25)15-4-2-3-5-16(15)19(20,21)22/h2-9H,10-12H2,1H3. The molecule has 0 aliphatic carbocycles. The molecular formula is C19H17F3N2OS. The summed E-state index contributed by atoms with van der Waals surface area (Å²) in [4.78, 5) is 18.3. The molecule has 0 spiro atoms. The number of benzene rings is 2.